The molecule has 2 rings (SSSR count). The summed E-state index contributed by atoms with van der Waals surface area (Å²) in [6.45, 7) is 5.84. The Bertz CT molecular complexity index is 607. The van der Waals surface area contributed by atoms with Crippen molar-refractivity contribution in [3.63, 3.8) is 0 Å². The third-order valence-electron chi connectivity index (χ3n) is 3.38. The van der Waals surface area contributed by atoms with Crippen molar-refractivity contribution in [3.05, 3.63) is 51.5 Å². The molecular weight excluding hydrogens is 419 g/mol. The Balaban J connectivity index is 0.00000264. The molecule has 0 unspecified atom stereocenters. The fraction of sp³-hybridized carbons (Fsp3) is 0.412. The molecule has 23 heavy (non-hydrogen) atoms. The minimum atomic E-state index is 0. The Kier molecular flexibility index (Phi) is 9.16. The van der Waals surface area contributed by atoms with Gasteiger partial charge in [-0.1, -0.05) is 36.8 Å². The molecule has 1 aromatic carbocycles. The fourth-order valence-corrected chi connectivity index (χ4v) is 2.83. The van der Waals surface area contributed by atoms with E-state index in [4.69, 9.17) is 0 Å². The molecule has 0 aliphatic carbocycles. The second-order valence-electron chi connectivity index (χ2n) is 5.17. The second-order valence-corrected chi connectivity index (χ2v) is 6.12. The predicted octanol–water partition coefficient (Wildman–Crippen LogP) is 3.54. The smallest absolute Gasteiger partial charge is 0.191 e. The summed E-state index contributed by atoms with van der Waals surface area (Å²) >= 11 is 1.74. The van der Waals surface area contributed by atoms with Crippen LogP contribution in [0.15, 0.2) is 34.6 Å². The fourth-order valence-electron chi connectivity index (χ4n) is 2.05. The zero-order valence-corrected chi connectivity index (χ0v) is 17.1. The van der Waals surface area contributed by atoms with Gasteiger partial charge < -0.3 is 10.6 Å². The van der Waals surface area contributed by atoms with Gasteiger partial charge in [-0.3, -0.25) is 4.99 Å². The van der Waals surface area contributed by atoms with Gasteiger partial charge in [0.1, 0.15) is 0 Å². The zero-order valence-electron chi connectivity index (χ0n) is 13.9. The maximum absolute atomic E-state index is 4.57. The first kappa shape index (κ1) is 19.9. The third-order valence-corrected chi connectivity index (χ3v) is 4.42. The molecule has 0 aliphatic heterocycles. The van der Waals surface area contributed by atoms with Gasteiger partial charge in [-0.15, -0.1) is 35.3 Å². The Morgan fingerprint density at radius 2 is 1.96 bits per heavy atom. The average Bonchev–Trinajstić information content (AvgIpc) is 3.00. The van der Waals surface area contributed by atoms with Crippen LogP contribution in [0, 0.1) is 6.92 Å². The quantitative estimate of drug-likeness (QED) is 0.407. The summed E-state index contributed by atoms with van der Waals surface area (Å²) in [6, 6.07) is 8.52. The number of benzene rings is 1. The number of aromatic nitrogens is 1. The number of halogens is 1. The van der Waals surface area contributed by atoms with E-state index in [1.807, 2.05) is 0 Å². The van der Waals surface area contributed by atoms with Crippen LogP contribution in [0.2, 0.25) is 0 Å². The largest absolute Gasteiger partial charge is 0.356 e. The van der Waals surface area contributed by atoms with Crippen LogP contribution in [0.4, 0.5) is 0 Å². The highest BCUT2D eigenvalue weighted by atomic mass is 127. The molecule has 0 saturated carbocycles. The molecule has 0 spiro atoms. The summed E-state index contributed by atoms with van der Waals surface area (Å²) in [7, 11) is 1.79. The van der Waals surface area contributed by atoms with Crippen molar-refractivity contribution in [1.82, 2.24) is 15.6 Å². The van der Waals surface area contributed by atoms with E-state index < -0.39 is 0 Å². The highest BCUT2D eigenvalue weighted by molar-refractivity contribution is 14.0. The van der Waals surface area contributed by atoms with Gasteiger partial charge in [0.2, 0.25) is 0 Å². The van der Waals surface area contributed by atoms with Crippen molar-refractivity contribution >= 4 is 41.3 Å². The molecular formula is C17H25IN4S. The second kappa shape index (κ2) is 10.6. The van der Waals surface area contributed by atoms with Gasteiger partial charge in [-0.05, 0) is 18.9 Å². The summed E-state index contributed by atoms with van der Waals surface area (Å²) < 4.78 is 0. The van der Waals surface area contributed by atoms with E-state index in [2.05, 4.69) is 64.1 Å². The first-order chi connectivity index (χ1) is 10.7. The van der Waals surface area contributed by atoms with Crippen molar-refractivity contribution in [3.8, 4) is 0 Å². The molecule has 2 N–H and O–H groups in total. The topological polar surface area (TPSA) is 49.3 Å². The molecule has 126 valence electrons. The number of rotatable bonds is 6. The lowest BCUT2D eigenvalue weighted by atomic mass is 10.1. The van der Waals surface area contributed by atoms with Gasteiger partial charge >= 0.3 is 0 Å². The van der Waals surface area contributed by atoms with Crippen molar-refractivity contribution in [2.24, 2.45) is 4.99 Å². The van der Waals surface area contributed by atoms with Gasteiger partial charge in [0.15, 0.2) is 5.96 Å². The highest BCUT2D eigenvalue weighted by Gasteiger charge is 2.02. The van der Waals surface area contributed by atoms with Gasteiger partial charge in [-0.2, -0.15) is 0 Å². The lowest BCUT2D eigenvalue weighted by molar-refractivity contribution is 0.785. The molecule has 1 aromatic heterocycles. The Hall–Kier alpha value is -1.15. The van der Waals surface area contributed by atoms with Gasteiger partial charge in [0, 0.05) is 31.9 Å². The minimum absolute atomic E-state index is 0. The van der Waals surface area contributed by atoms with Gasteiger partial charge in [-0.25, -0.2) is 4.98 Å². The first-order valence-electron chi connectivity index (χ1n) is 7.64. The predicted molar refractivity (Wildman–Crippen MR) is 110 cm³/mol. The number of thiazole rings is 1. The van der Waals surface area contributed by atoms with Crippen LogP contribution in [-0.4, -0.2) is 24.5 Å². The maximum Gasteiger partial charge on any atom is 0.191 e. The summed E-state index contributed by atoms with van der Waals surface area (Å²) in [5.74, 6) is 0.825. The summed E-state index contributed by atoms with van der Waals surface area (Å²) in [4.78, 5) is 8.82. The van der Waals surface area contributed by atoms with Crippen molar-refractivity contribution in [1.29, 1.82) is 0 Å². The Labute approximate surface area is 159 Å². The Morgan fingerprint density at radius 3 is 2.57 bits per heavy atom. The average molecular weight is 444 g/mol. The SMILES string of the molecule is CCc1nc(CCNC(=NC)NCc2ccc(C)cc2)cs1.I. The molecule has 6 heteroatoms. The monoisotopic (exact) mass is 444 g/mol. The Morgan fingerprint density at radius 1 is 1.22 bits per heavy atom. The van der Waals surface area contributed by atoms with E-state index in [1.165, 1.54) is 16.1 Å². The molecule has 0 fully saturated rings. The van der Waals surface area contributed by atoms with E-state index in [0.717, 1.165) is 37.6 Å². The number of nitrogens with one attached hydrogen (secondary N) is 2. The van der Waals surface area contributed by atoms with Crippen LogP contribution in [0.1, 0.15) is 28.8 Å². The minimum Gasteiger partial charge on any atom is -0.356 e. The van der Waals surface area contributed by atoms with Crippen LogP contribution in [0.25, 0.3) is 0 Å². The zero-order chi connectivity index (χ0) is 15.8. The number of aryl methyl sites for hydroxylation is 2. The number of guanidine groups is 1. The molecule has 0 saturated heterocycles. The molecule has 2 aromatic rings. The lowest BCUT2D eigenvalue weighted by Crippen LogP contribution is -2.37. The van der Waals surface area contributed by atoms with Crippen LogP contribution in [-0.2, 0) is 19.4 Å². The maximum atomic E-state index is 4.57. The van der Waals surface area contributed by atoms with Crippen LogP contribution >= 0.6 is 35.3 Å². The molecule has 0 aliphatic rings. The molecule has 0 atom stereocenters. The summed E-state index contributed by atoms with van der Waals surface area (Å²) in [6.07, 6.45) is 1.93. The first-order valence-corrected chi connectivity index (χ1v) is 8.52. The van der Waals surface area contributed by atoms with E-state index in [1.54, 1.807) is 18.4 Å². The van der Waals surface area contributed by atoms with Crippen LogP contribution in [0.3, 0.4) is 0 Å². The number of nitrogens with zero attached hydrogens (tertiary/aromatic N) is 2. The lowest BCUT2D eigenvalue weighted by Gasteiger charge is -2.11. The molecule has 0 amide bonds. The highest BCUT2D eigenvalue weighted by Crippen LogP contribution is 2.10. The van der Waals surface area contributed by atoms with E-state index in [0.29, 0.717) is 0 Å². The van der Waals surface area contributed by atoms with E-state index in [-0.39, 0.29) is 24.0 Å². The van der Waals surface area contributed by atoms with Gasteiger partial charge in [0.05, 0.1) is 10.7 Å². The molecule has 0 radical (unpaired) electrons. The number of hydrogen-bond acceptors (Lipinski definition) is 3. The number of aliphatic imine (C=N–C) groups is 1. The van der Waals surface area contributed by atoms with Crippen LogP contribution < -0.4 is 10.6 Å². The third kappa shape index (κ3) is 6.87. The normalized spacial score (nSPS) is 11.0. The van der Waals surface area contributed by atoms with Gasteiger partial charge in [0.25, 0.3) is 0 Å². The molecule has 1 heterocycles. The van der Waals surface area contributed by atoms with Crippen molar-refractivity contribution in [2.45, 2.75) is 33.2 Å². The summed E-state index contributed by atoms with van der Waals surface area (Å²) in [5, 5.41) is 10.0. The van der Waals surface area contributed by atoms with Crippen molar-refractivity contribution in [2.75, 3.05) is 13.6 Å². The summed E-state index contributed by atoms with van der Waals surface area (Å²) in [5.41, 5.74) is 3.69. The van der Waals surface area contributed by atoms with Crippen molar-refractivity contribution < 1.29 is 0 Å². The van der Waals surface area contributed by atoms with E-state index >= 15 is 0 Å². The van der Waals surface area contributed by atoms with Crippen LogP contribution in [0.5, 0.6) is 0 Å². The van der Waals surface area contributed by atoms with E-state index in [9.17, 15) is 0 Å². The standard InChI is InChI=1S/C17H24N4S.HI/c1-4-16-21-15(12-22-16)9-10-19-17(18-3)20-11-14-7-5-13(2)6-8-14;/h5-8,12H,4,9-11H2,1-3H3,(H2,18,19,20);1H. The molecule has 4 nitrogen and oxygen atoms in total. The molecule has 0 bridgehead atoms. The number of hydrogen-bond donors (Lipinski definition) is 2.